The highest BCUT2D eigenvalue weighted by molar-refractivity contribution is 8.00. The summed E-state index contributed by atoms with van der Waals surface area (Å²) in [5.41, 5.74) is 1.18. The summed E-state index contributed by atoms with van der Waals surface area (Å²) in [5, 5.41) is 0.124. The van der Waals surface area contributed by atoms with Crippen molar-refractivity contribution in [3.05, 3.63) is 29.8 Å². The summed E-state index contributed by atoms with van der Waals surface area (Å²) in [4.78, 5) is 17.1. The summed E-state index contributed by atoms with van der Waals surface area (Å²) in [6.07, 6.45) is 10.3. The number of carbonyl (C=O) groups is 1. The molecule has 1 aromatic carbocycles. The fourth-order valence-corrected chi connectivity index (χ4v) is 5.74. The fourth-order valence-electron chi connectivity index (χ4n) is 4.53. The quantitative estimate of drug-likeness (QED) is 0.250. The van der Waals surface area contributed by atoms with E-state index in [2.05, 4.69) is 62.6 Å². The summed E-state index contributed by atoms with van der Waals surface area (Å²) in [6, 6.07) is 9.38. The number of ether oxygens (including phenoxy) is 1. The number of thioether (sulfide) groups is 1. The molecule has 1 aromatic rings. The Kier molecular flexibility index (Phi) is 12.6. The predicted molar refractivity (Wildman–Crippen MR) is 138 cm³/mol. The Bertz CT molecular complexity index is 657. The van der Waals surface area contributed by atoms with Crippen molar-refractivity contribution in [2.24, 2.45) is 0 Å². The van der Waals surface area contributed by atoms with Crippen molar-refractivity contribution in [2.75, 3.05) is 25.4 Å². The molecule has 5 heteroatoms. The molecule has 1 amide bonds. The molecule has 0 aromatic heterocycles. The lowest BCUT2D eigenvalue weighted by Gasteiger charge is -2.30. The van der Waals surface area contributed by atoms with Gasteiger partial charge in [0.05, 0.1) is 5.75 Å². The van der Waals surface area contributed by atoms with Crippen LogP contribution in [0.3, 0.4) is 0 Å². The zero-order valence-electron chi connectivity index (χ0n) is 21.1. The van der Waals surface area contributed by atoms with Crippen LogP contribution in [0.25, 0.3) is 0 Å². The van der Waals surface area contributed by atoms with Crippen LogP contribution in [0.1, 0.15) is 96.9 Å². The second kappa shape index (κ2) is 14.8. The highest BCUT2D eigenvalue weighted by Crippen LogP contribution is 2.39. The van der Waals surface area contributed by atoms with Gasteiger partial charge in [-0.05, 0) is 51.8 Å². The minimum atomic E-state index is 0.124. The fraction of sp³-hybridized carbons (Fsp3) is 0.741. The average Bonchev–Trinajstić information content (AvgIpc) is 3.13. The first-order valence-electron chi connectivity index (χ1n) is 12.8. The maximum Gasteiger partial charge on any atom is 0.233 e. The van der Waals surface area contributed by atoms with E-state index in [1.807, 2.05) is 6.07 Å². The van der Waals surface area contributed by atoms with Crippen LogP contribution in [0.4, 0.5) is 0 Å². The number of unbranched alkanes of at least 4 members (excludes halogenated alkanes) is 7. The van der Waals surface area contributed by atoms with Crippen LogP contribution in [0.5, 0.6) is 5.75 Å². The number of rotatable bonds is 16. The maximum atomic E-state index is 12.5. The van der Waals surface area contributed by atoms with Gasteiger partial charge >= 0.3 is 0 Å². The normalized spacial score (nSPS) is 16.7. The van der Waals surface area contributed by atoms with Crippen molar-refractivity contribution >= 4 is 17.7 Å². The number of benzene rings is 1. The van der Waals surface area contributed by atoms with Gasteiger partial charge in [-0.25, -0.2) is 0 Å². The molecule has 0 N–H and O–H groups in total. The molecule has 1 unspecified atom stereocenters. The molecule has 1 aliphatic heterocycles. The Balaban J connectivity index is 1.82. The van der Waals surface area contributed by atoms with E-state index in [9.17, 15) is 4.79 Å². The second-order valence-electron chi connectivity index (χ2n) is 9.57. The smallest absolute Gasteiger partial charge is 0.233 e. The van der Waals surface area contributed by atoms with E-state index >= 15 is 0 Å². The molecule has 0 radical (unpaired) electrons. The van der Waals surface area contributed by atoms with Gasteiger partial charge in [0.1, 0.15) is 17.7 Å². The van der Waals surface area contributed by atoms with E-state index in [1.54, 1.807) is 11.8 Å². The Hall–Kier alpha value is -1.20. The maximum absolute atomic E-state index is 12.5. The molecule has 182 valence electrons. The Labute approximate surface area is 201 Å². The van der Waals surface area contributed by atoms with Gasteiger partial charge in [0.15, 0.2) is 0 Å². The van der Waals surface area contributed by atoms with E-state index in [0.29, 0.717) is 24.4 Å². The van der Waals surface area contributed by atoms with Crippen LogP contribution in [0, 0.1) is 0 Å². The molecule has 1 atom stereocenters. The number of hydrogen-bond donors (Lipinski definition) is 0. The van der Waals surface area contributed by atoms with E-state index in [-0.39, 0.29) is 11.3 Å². The Morgan fingerprint density at radius 1 is 1.03 bits per heavy atom. The lowest BCUT2D eigenvalue weighted by Crippen LogP contribution is -2.39. The lowest BCUT2D eigenvalue weighted by molar-refractivity contribution is -0.128. The highest BCUT2D eigenvalue weighted by atomic mass is 32.2. The number of nitrogens with zero attached hydrogens (tertiary/aromatic N) is 2. The first-order valence-corrected chi connectivity index (χ1v) is 13.9. The van der Waals surface area contributed by atoms with Crippen LogP contribution in [0.2, 0.25) is 0 Å². The van der Waals surface area contributed by atoms with Gasteiger partial charge in [-0.15, -0.1) is 11.8 Å². The molecular weight excluding hydrogens is 416 g/mol. The van der Waals surface area contributed by atoms with Gasteiger partial charge < -0.3 is 9.64 Å². The van der Waals surface area contributed by atoms with Crippen LogP contribution in [0.15, 0.2) is 24.3 Å². The van der Waals surface area contributed by atoms with Crippen molar-refractivity contribution in [3.8, 4) is 5.75 Å². The number of amides is 1. The van der Waals surface area contributed by atoms with Crippen molar-refractivity contribution < 1.29 is 9.53 Å². The number of carbonyl (C=O) groups excluding carboxylic acids is 1. The minimum absolute atomic E-state index is 0.124. The van der Waals surface area contributed by atoms with Crippen molar-refractivity contribution in [1.29, 1.82) is 0 Å². The molecule has 1 aliphatic rings. The lowest BCUT2D eigenvalue weighted by atomic mass is 10.1. The molecule has 1 heterocycles. The van der Waals surface area contributed by atoms with Crippen LogP contribution < -0.4 is 4.74 Å². The van der Waals surface area contributed by atoms with Crippen LogP contribution >= 0.6 is 11.8 Å². The standard InChI is InChI=1S/C27H46N2O2S/c1-6-7-8-9-10-11-12-13-17-29-26(30)21-32-27(29)24-15-14-16-25(20-24)31-19-18-28(22(2)3)23(4)5/h14-16,20,22-23,27H,6-13,17-19,21H2,1-5H3. The van der Waals surface area contributed by atoms with E-state index in [0.717, 1.165) is 25.3 Å². The van der Waals surface area contributed by atoms with Gasteiger partial charge in [-0.3, -0.25) is 9.69 Å². The van der Waals surface area contributed by atoms with E-state index in [4.69, 9.17) is 4.74 Å². The largest absolute Gasteiger partial charge is 0.492 e. The van der Waals surface area contributed by atoms with Gasteiger partial charge in [-0.2, -0.15) is 0 Å². The summed E-state index contributed by atoms with van der Waals surface area (Å²) in [7, 11) is 0. The van der Waals surface area contributed by atoms with Crippen LogP contribution in [-0.2, 0) is 4.79 Å². The average molecular weight is 463 g/mol. The molecule has 0 saturated carbocycles. The third-order valence-corrected chi connectivity index (χ3v) is 7.56. The van der Waals surface area contributed by atoms with Gasteiger partial charge in [-0.1, -0.05) is 64.0 Å². The number of hydrogen-bond acceptors (Lipinski definition) is 4. The molecule has 0 bridgehead atoms. The summed E-state index contributed by atoms with van der Waals surface area (Å²) >= 11 is 1.75. The third kappa shape index (κ3) is 8.97. The molecule has 0 aliphatic carbocycles. The third-order valence-electron chi connectivity index (χ3n) is 6.31. The van der Waals surface area contributed by atoms with Gasteiger partial charge in [0.25, 0.3) is 0 Å². The first kappa shape index (κ1) is 27.0. The van der Waals surface area contributed by atoms with Gasteiger partial charge in [0.2, 0.25) is 5.91 Å². The SMILES string of the molecule is CCCCCCCCCCN1C(=O)CSC1c1cccc(OCCN(C(C)C)C(C)C)c1. The van der Waals surface area contributed by atoms with Crippen molar-refractivity contribution in [2.45, 2.75) is 103 Å². The topological polar surface area (TPSA) is 32.8 Å². The molecule has 32 heavy (non-hydrogen) atoms. The van der Waals surface area contributed by atoms with E-state index < -0.39 is 0 Å². The minimum Gasteiger partial charge on any atom is -0.492 e. The molecule has 2 rings (SSSR count). The van der Waals surface area contributed by atoms with Crippen molar-refractivity contribution in [1.82, 2.24) is 9.80 Å². The Morgan fingerprint density at radius 2 is 1.69 bits per heavy atom. The second-order valence-corrected chi connectivity index (χ2v) is 10.6. The highest BCUT2D eigenvalue weighted by Gasteiger charge is 2.32. The zero-order valence-corrected chi connectivity index (χ0v) is 22.0. The van der Waals surface area contributed by atoms with E-state index in [1.165, 1.54) is 50.5 Å². The zero-order chi connectivity index (χ0) is 23.3. The molecule has 1 fully saturated rings. The Morgan fingerprint density at radius 3 is 2.34 bits per heavy atom. The van der Waals surface area contributed by atoms with Crippen molar-refractivity contribution in [3.63, 3.8) is 0 Å². The van der Waals surface area contributed by atoms with Gasteiger partial charge in [0, 0.05) is 25.2 Å². The molecule has 1 saturated heterocycles. The monoisotopic (exact) mass is 462 g/mol. The summed E-state index contributed by atoms with van der Waals surface area (Å²) in [6.45, 7) is 13.7. The predicted octanol–water partition coefficient (Wildman–Crippen LogP) is 6.90. The molecule has 0 spiro atoms. The first-order chi connectivity index (χ1) is 15.4. The summed E-state index contributed by atoms with van der Waals surface area (Å²) in [5.74, 6) is 1.77. The molecular formula is C27H46N2O2S. The van der Waals surface area contributed by atoms with Crippen LogP contribution in [-0.4, -0.2) is 53.2 Å². The molecule has 4 nitrogen and oxygen atoms in total. The summed E-state index contributed by atoms with van der Waals surface area (Å²) < 4.78 is 6.10.